The maximum absolute atomic E-state index is 11.7. The average molecular weight is 230 g/mol. The van der Waals surface area contributed by atoms with Crippen LogP contribution in [0.2, 0.25) is 0 Å². The van der Waals surface area contributed by atoms with E-state index in [0.717, 1.165) is 12.8 Å². The maximum atomic E-state index is 11.7. The van der Waals surface area contributed by atoms with E-state index in [2.05, 4.69) is 19.2 Å². The maximum Gasteiger partial charge on any atom is 0.224 e. The minimum absolute atomic E-state index is 0.0134. The van der Waals surface area contributed by atoms with Gasteiger partial charge in [0.05, 0.1) is 12.0 Å². The number of aliphatic hydroxyl groups is 1. The number of hydrogen-bond donors (Lipinski definition) is 3. The van der Waals surface area contributed by atoms with Gasteiger partial charge in [-0.15, -0.1) is 0 Å². The van der Waals surface area contributed by atoms with Crippen molar-refractivity contribution in [2.24, 2.45) is 17.6 Å². The van der Waals surface area contributed by atoms with Gasteiger partial charge in [-0.3, -0.25) is 4.79 Å². The lowest BCUT2D eigenvalue weighted by Crippen LogP contribution is -2.37. The molecule has 0 rings (SSSR count). The molecule has 0 bridgehead atoms. The van der Waals surface area contributed by atoms with Gasteiger partial charge in [0.1, 0.15) is 0 Å². The molecule has 1 amide bonds. The fourth-order valence-electron chi connectivity index (χ4n) is 1.59. The first-order valence-electron chi connectivity index (χ1n) is 6.17. The molecule has 0 aromatic carbocycles. The number of nitrogens with two attached hydrogens (primary N) is 1. The van der Waals surface area contributed by atoms with Gasteiger partial charge in [0.2, 0.25) is 5.91 Å². The fraction of sp³-hybridized carbons (Fsp3) is 0.917. The first-order valence-corrected chi connectivity index (χ1v) is 6.17. The topological polar surface area (TPSA) is 75.3 Å². The van der Waals surface area contributed by atoms with Crippen LogP contribution in [0.5, 0.6) is 0 Å². The smallest absolute Gasteiger partial charge is 0.224 e. The summed E-state index contributed by atoms with van der Waals surface area (Å²) in [5, 5.41) is 12.2. The highest BCUT2D eigenvalue weighted by atomic mass is 16.3. The van der Waals surface area contributed by atoms with Crippen molar-refractivity contribution >= 4 is 5.91 Å². The van der Waals surface area contributed by atoms with E-state index in [1.165, 1.54) is 0 Å². The third-order valence-electron chi connectivity index (χ3n) is 2.66. The molecule has 0 heterocycles. The molecule has 2 atom stereocenters. The van der Waals surface area contributed by atoms with E-state index in [0.29, 0.717) is 25.4 Å². The second-order valence-corrected chi connectivity index (χ2v) is 4.70. The Morgan fingerprint density at radius 2 is 2.06 bits per heavy atom. The zero-order chi connectivity index (χ0) is 12.6. The molecule has 0 saturated heterocycles. The highest BCUT2D eigenvalue weighted by Gasteiger charge is 2.17. The van der Waals surface area contributed by atoms with E-state index in [9.17, 15) is 9.90 Å². The monoisotopic (exact) mass is 230 g/mol. The molecule has 0 fully saturated rings. The molecule has 0 radical (unpaired) electrons. The van der Waals surface area contributed by atoms with E-state index in [-0.39, 0.29) is 17.9 Å². The lowest BCUT2D eigenvalue weighted by molar-refractivity contribution is -0.125. The van der Waals surface area contributed by atoms with Crippen molar-refractivity contribution in [3.63, 3.8) is 0 Å². The molecule has 0 aliphatic carbocycles. The first-order chi connectivity index (χ1) is 7.51. The van der Waals surface area contributed by atoms with Crippen molar-refractivity contribution in [2.45, 2.75) is 46.1 Å². The van der Waals surface area contributed by atoms with Gasteiger partial charge in [-0.05, 0) is 25.2 Å². The van der Waals surface area contributed by atoms with Crippen LogP contribution in [-0.2, 0) is 4.79 Å². The minimum Gasteiger partial charge on any atom is -0.393 e. The molecule has 16 heavy (non-hydrogen) atoms. The summed E-state index contributed by atoms with van der Waals surface area (Å²) in [4.78, 5) is 11.7. The third-order valence-corrected chi connectivity index (χ3v) is 2.66. The molecule has 96 valence electrons. The quantitative estimate of drug-likeness (QED) is 0.579. The standard InChI is InChI=1S/C12H26N2O2/c1-4-11(15)5-6-14-12(16)10(8-13)7-9(2)3/h9-11,15H,4-8,13H2,1-3H3,(H,14,16). The molecule has 0 saturated carbocycles. The Morgan fingerprint density at radius 3 is 2.50 bits per heavy atom. The van der Waals surface area contributed by atoms with Crippen molar-refractivity contribution in [2.75, 3.05) is 13.1 Å². The van der Waals surface area contributed by atoms with Gasteiger partial charge in [-0.2, -0.15) is 0 Å². The van der Waals surface area contributed by atoms with E-state index >= 15 is 0 Å². The SMILES string of the molecule is CCC(O)CCNC(=O)C(CN)CC(C)C. The van der Waals surface area contributed by atoms with Crippen LogP contribution < -0.4 is 11.1 Å². The van der Waals surface area contributed by atoms with E-state index < -0.39 is 0 Å². The number of carbonyl (C=O) groups is 1. The number of amides is 1. The van der Waals surface area contributed by atoms with Crippen molar-refractivity contribution in [3.8, 4) is 0 Å². The molecule has 0 aromatic rings. The summed E-state index contributed by atoms with van der Waals surface area (Å²) in [7, 11) is 0. The largest absolute Gasteiger partial charge is 0.393 e. The Hall–Kier alpha value is -0.610. The van der Waals surface area contributed by atoms with E-state index in [1.807, 2.05) is 6.92 Å². The van der Waals surface area contributed by atoms with Crippen LogP contribution in [0.1, 0.15) is 40.0 Å². The molecule has 0 aliphatic rings. The molecule has 2 unspecified atom stereocenters. The van der Waals surface area contributed by atoms with Gasteiger partial charge in [0.15, 0.2) is 0 Å². The van der Waals surface area contributed by atoms with Crippen molar-refractivity contribution in [1.82, 2.24) is 5.32 Å². The zero-order valence-electron chi connectivity index (χ0n) is 10.7. The Balaban J connectivity index is 3.84. The summed E-state index contributed by atoms with van der Waals surface area (Å²) in [5.74, 6) is 0.388. The number of carbonyl (C=O) groups excluding carboxylic acids is 1. The van der Waals surface area contributed by atoms with Crippen molar-refractivity contribution in [3.05, 3.63) is 0 Å². The molecule has 4 heteroatoms. The number of rotatable bonds is 8. The van der Waals surface area contributed by atoms with Gasteiger partial charge in [-0.1, -0.05) is 20.8 Å². The summed E-state index contributed by atoms with van der Waals surface area (Å²) in [6.45, 7) is 7.00. The van der Waals surface area contributed by atoms with Crippen LogP contribution in [0.3, 0.4) is 0 Å². The van der Waals surface area contributed by atoms with Gasteiger partial charge < -0.3 is 16.2 Å². The van der Waals surface area contributed by atoms with Crippen LogP contribution >= 0.6 is 0 Å². The van der Waals surface area contributed by atoms with E-state index in [1.54, 1.807) is 0 Å². The summed E-state index contributed by atoms with van der Waals surface area (Å²) in [5.41, 5.74) is 5.57. The normalized spacial score (nSPS) is 14.9. The van der Waals surface area contributed by atoms with Crippen LogP contribution in [0.4, 0.5) is 0 Å². The fourth-order valence-corrected chi connectivity index (χ4v) is 1.59. The van der Waals surface area contributed by atoms with Gasteiger partial charge in [0, 0.05) is 13.1 Å². The third kappa shape index (κ3) is 6.80. The summed E-state index contributed by atoms with van der Waals surface area (Å²) < 4.78 is 0. The Kier molecular flexibility index (Phi) is 8.21. The highest BCUT2D eigenvalue weighted by molar-refractivity contribution is 5.78. The Labute approximate surface area is 98.6 Å². The predicted octanol–water partition coefficient (Wildman–Crippen LogP) is 0.885. The lowest BCUT2D eigenvalue weighted by atomic mass is 9.96. The minimum atomic E-state index is -0.318. The van der Waals surface area contributed by atoms with Crippen LogP contribution in [0.15, 0.2) is 0 Å². The van der Waals surface area contributed by atoms with Crippen LogP contribution in [-0.4, -0.2) is 30.2 Å². The number of aliphatic hydroxyl groups excluding tert-OH is 1. The molecule has 4 nitrogen and oxygen atoms in total. The Morgan fingerprint density at radius 1 is 1.44 bits per heavy atom. The molecule has 4 N–H and O–H groups in total. The lowest BCUT2D eigenvalue weighted by Gasteiger charge is -2.17. The Bertz CT molecular complexity index is 195. The second-order valence-electron chi connectivity index (χ2n) is 4.70. The van der Waals surface area contributed by atoms with Crippen LogP contribution in [0, 0.1) is 11.8 Å². The summed E-state index contributed by atoms with van der Waals surface area (Å²) in [6.07, 6.45) is 1.84. The highest BCUT2D eigenvalue weighted by Crippen LogP contribution is 2.10. The molecule has 0 aromatic heterocycles. The van der Waals surface area contributed by atoms with Gasteiger partial charge in [0.25, 0.3) is 0 Å². The van der Waals surface area contributed by atoms with Gasteiger partial charge >= 0.3 is 0 Å². The zero-order valence-corrected chi connectivity index (χ0v) is 10.7. The van der Waals surface area contributed by atoms with Gasteiger partial charge in [-0.25, -0.2) is 0 Å². The number of hydrogen-bond acceptors (Lipinski definition) is 3. The molecule has 0 spiro atoms. The number of nitrogens with one attached hydrogen (secondary N) is 1. The van der Waals surface area contributed by atoms with Crippen molar-refractivity contribution < 1.29 is 9.90 Å². The predicted molar refractivity (Wildman–Crippen MR) is 65.9 cm³/mol. The molecular formula is C12H26N2O2. The van der Waals surface area contributed by atoms with Crippen molar-refractivity contribution in [1.29, 1.82) is 0 Å². The van der Waals surface area contributed by atoms with Crippen LogP contribution in [0.25, 0.3) is 0 Å². The molecule has 0 aliphatic heterocycles. The first kappa shape index (κ1) is 15.4. The second kappa shape index (κ2) is 8.53. The summed E-state index contributed by atoms with van der Waals surface area (Å²) >= 11 is 0. The average Bonchev–Trinajstić information content (AvgIpc) is 2.24. The molecular weight excluding hydrogens is 204 g/mol. The summed E-state index contributed by atoms with van der Waals surface area (Å²) in [6, 6.07) is 0. The van der Waals surface area contributed by atoms with E-state index in [4.69, 9.17) is 5.73 Å².